The van der Waals surface area contributed by atoms with Crippen LogP contribution in [0.2, 0.25) is 0 Å². The Bertz CT molecular complexity index is 1340. The van der Waals surface area contributed by atoms with Gasteiger partial charge in [-0.3, -0.25) is 14.5 Å². The number of amides is 1. The van der Waals surface area contributed by atoms with E-state index in [0.717, 1.165) is 0 Å². The molecule has 5 rings (SSSR count). The highest BCUT2D eigenvalue weighted by Crippen LogP contribution is 2.55. The van der Waals surface area contributed by atoms with E-state index < -0.39 is 17.1 Å². The molecule has 1 atom stereocenters. The molecule has 1 amide bonds. The molecule has 3 N–H and O–H groups in total. The average molecular weight is 481 g/mol. The number of rotatable bonds is 4. The van der Waals surface area contributed by atoms with Crippen LogP contribution < -0.4 is 16.0 Å². The van der Waals surface area contributed by atoms with Gasteiger partial charge in [-0.15, -0.1) is 16.8 Å². The van der Waals surface area contributed by atoms with Crippen molar-refractivity contribution in [2.45, 2.75) is 29.0 Å². The highest BCUT2D eigenvalue weighted by molar-refractivity contribution is 8.01. The number of aromatic nitrogens is 2. The molecular weight excluding hydrogens is 463 g/mol. The Morgan fingerprint density at radius 3 is 2.97 bits per heavy atom. The quantitative estimate of drug-likeness (QED) is 0.504. The van der Waals surface area contributed by atoms with Crippen LogP contribution in [0.4, 0.5) is 15.2 Å². The third-order valence-corrected chi connectivity index (χ3v) is 7.94. The summed E-state index contributed by atoms with van der Waals surface area (Å²) in [4.78, 5) is 28.4. The zero-order chi connectivity index (χ0) is 23.3. The molecule has 1 aliphatic carbocycles. The van der Waals surface area contributed by atoms with Gasteiger partial charge in [0.25, 0.3) is 0 Å². The van der Waals surface area contributed by atoms with Crippen LogP contribution in [0.3, 0.4) is 0 Å². The second-order valence-corrected chi connectivity index (χ2v) is 9.87. The third kappa shape index (κ3) is 2.94. The molecule has 0 saturated heterocycles. The maximum absolute atomic E-state index is 14.3. The minimum absolute atomic E-state index is 0.0189. The van der Waals surface area contributed by atoms with Crippen LogP contribution in [-0.4, -0.2) is 27.6 Å². The number of nitrogens with one attached hydrogen (secondary N) is 1. The van der Waals surface area contributed by atoms with Crippen molar-refractivity contribution in [1.82, 2.24) is 10.2 Å². The van der Waals surface area contributed by atoms with Crippen LogP contribution in [0.1, 0.15) is 24.8 Å². The third-order valence-electron chi connectivity index (χ3n) is 5.90. The number of nitrogens with zero attached hydrogens (tertiary/aromatic N) is 4. The zero-order valence-electron chi connectivity index (χ0n) is 17.2. The first-order valence-corrected chi connectivity index (χ1v) is 11.9. The summed E-state index contributed by atoms with van der Waals surface area (Å²) in [6.07, 6.45) is 2.94. The fourth-order valence-corrected chi connectivity index (χ4v) is 6.30. The summed E-state index contributed by atoms with van der Waals surface area (Å²) in [7, 11) is 0. The number of allylic oxidation sites excluding steroid dienone is 1. The lowest BCUT2D eigenvalue weighted by molar-refractivity contribution is -0.122. The lowest BCUT2D eigenvalue weighted by Crippen LogP contribution is -2.50. The van der Waals surface area contributed by atoms with Gasteiger partial charge in [0.1, 0.15) is 23.1 Å². The van der Waals surface area contributed by atoms with Crippen molar-refractivity contribution in [1.29, 1.82) is 5.26 Å². The van der Waals surface area contributed by atoms with Gasteiger partial charge in [0.05, 0.1) is 5.57 Å². The van der Waals surface area contributed by atoms with Crippen molar-refractivity contribution < 1.29 is 14.0 Å². The minimum atomic E-state index is -1.80. The molecule has 2 aliphatic heterocycles. The Morgan fingerprint density at radius 2 is 2.21 bits per heavy atom. The number of thioether (sulfide) groups is 1. The Kier molecular flexibility index (Phi) is 5.07. The number of ketones is 1. The topological polar surface area (TPSA) is 125 Å². The van der Waals surface area contributed by atoms with Crippen molar-refractivity contribution in [3.05, 3.63) is 64.9 Å². The normalized spacial score (nSPS) is 21.8. The van der Waals surface area contributed by atoms with Gasteiger partial charge in [-0.25, -0.2) is 4.39 Å². The largest absolute Gasteiger partial charge is 0.384 e. The number of hydrogen-bond acceptors (Lipinski definition) is 9. The maximum atomic E-state index is 14.3. The monoisotopic (exact) mass is 480 g/mol. The van der Waals surface area contributed by atoms with Gasteiger partial charge >= 0.3 is 0 Å². The summed E-state index contributed by atoms with van der Waals surface area (Å²) in [6, 6.07) is 5.89. The number of fused-ring (bicyclic) bond motifs is 3. The standard InChI is InChI=1S/C22H17FN6O2S2/c1-2-8-32-21-28-27-20(33-21)29-15-4-3-5-16(30)17(15)22(13(10-24)18(29)25)12-9-11(23)6-7-14(12)26-19(22)31/h2,6-7,9H,1,3-5,8,25H2,(H,26,31)/t22-/m1/s1. The minimum Gasteiger partial charge on any atom is -0.384 e. The van der Waals surface area contributed by atoms with Gasteiger partial charge in [0, 0.05) is 34.7 Å². The molecule has 166 valence electrons. The predicted molar refractivity (Wildman–Crippen MR) is 123 cm³/mol. The molecule has 3 heterocycles. The molecular formula is C22H17FN6O2S2. The molecule has 33 heavy (non-hydrogen) atoms. The Balaban J connectivity index is 1.79. The number of nitriles is 1. The zero-order valence-corrected chi connectivity index (χ0v) is 18.9. The summed E-state index contributed by atoms with van der Waals surface area (Å²) in [5, 5.41) is 21.7. The number of nitrogens with two attached hydrogens (primary N) is 1. The van der Waals surface area contributed by atoms with E-state index in [1.165, 1.54) is 41.3 Å². The van der Waals surface area contributed by atoms with Gasteiger partial charge < -0.3 is 11.1 Å². The number of carbonyl (C=O) groups is 2. The lowest BCUT2D eigenvalue weighted by atomic mass is 9.64. The number of anilines is 2. The summed E-state index contributed by atoms with van der Waals surface area (Å²) in [5.41, 5.74) is 5.79. The molecule has 0 unspecified atom stereocenters. The van der Waals surface area contributed by atoms with Crippen LogP contribution in [-0.2, 0) is 15.0 Å². The van der Waals surface area contributed by atoms with E-state index in [2.05, 4.69) is 28.2 Å². The van der Waals surface area contributed by atoms with Crippen LogP contribution in [0.25, 0.3) is 0 Å². The SMILES string of the molecule is C=CCSc1nnc(N2C(N)=C(C#N)[C@@]3(C(=O)Nc4ccc(F)cc43)C3=C2CCCC3=O)s1. The molecule has 0 saturated carbocycles. The number of hydrogen-bond donors (Lipinski definition) is 2. The van der Waals surface area contributed by atoms with E-state index in [1.807, 2.05) is 0 Å². The van der Waals surface area contributed by atoms with Gasteiger partial charge in [-0.1, -0.05) is 29.2 Å². The molecule has 3 aliphatic rings. The van der Waals surface area contributed by atoms with Crippen molar-refractivity contribution in [2.75, 3.05) is 16.0 Å². The number of carbonyl (C=O) groups excluding carboxylic acids is 2. The second-order valence-electron chi connectivity index (χ2n) is 7.65. The number of Topliss-reactive ketones (excluding diaryl/α,β-unsaturated/α-hetero) is 1. The average Bonchev–Trinajstić information content (AvgIpc) is 3.36. The maximum Gasteiger partial charge on any atom is 0.245 e. The van der Waals surface area contributed by atoms with Crippen molar-refractivity contribution >= 4 is 45.6 Å². The van der Waals surface area contributed by atoms with E-state index in [4.69, 9.17) is 5.73 Å². The summed E-state index contributed by atoms with van der Waals surface area (Å²) in [5.74, 6) is -0.832. The lowest BCUT2D eigenvalue weighted by Gasteiger charge is -2.42. The summed E-state index contributed by atoms with van der Waals surface area (Å²) >= 11 is 2.71. The van der Waals surface area contributed by atoms with Crippen LogP contribution in [0, 0.1) is 17.1 Å². The Morgan fingerprint density at radius 1 is 1.39 bits per heavy atom. The van der Waals surface area contributed by atoms with Crippen LogP contribution in [0.5, 0.6) is 0 Å². The highest BCUT2D eigenvalue weighted by atomic mass is 32.2. The van der Waals surface area contributed by atoms with E-state index >= 15 is 0 Å². The van der Waals surface area contributed by atoms with E-state index in [0.29, 0.717) is 39.5 Å². The van der Waals surface area contributed by atoms with Crippen molar-refractivity contribution in [3.8, 4) is 6.07 Å². The van der Waals surface area contributed by atoms with E-state index in [-0.39, 0.29) is 34.7 Å². The fraction of sp³-hybridized carbons (Fsp3) is 0.227. The summed E-state index contributed by atoms with van der Waals surface area (Å²) in [6.45, 7) is 3.69. The summed E-state index contributed by atoms with van der Waals surface area (Å²) < 4.78 is 15.0. The fourth-order valence-electron chi connectivity index (χ4n) is 4.66. The first-order chi connectivity index (χ1) is 15.9. The molecule has 0 fully saturated rings. The van der Waals surface area contributed by atoms with Crippen LogP contribution in [0.15, 0.2) is 57.9 Å². The van der Waals surface area contributed by atoms with Gasteiger partial charge in [0.2, 0.25) is 11.0 Å². The van der Waals surface area contributed by atoms with Gasteiger partial charge in [-0.05, 0) is 31.0 Å². The van der Waals surface area contributed by atoms with Crippen molar-refractivity contribution in [2.24, 2.45) is 5.73 Å². The molecule has 0 bridgehead atoms. The molecule has 1 aromatic carbocycles. The first-order valence-electron chi connectivity index (χ1n) is 10.1. The predicted octanol–water partition coefficient (Wildman–Crippen LogP) is 3.37. The Labute approximate surface area is 196 Å². The highest BCUT2D eigenvalue weighted by Gasteiger charge is 2.60. The molecule has 2 aromatic rings. The van der Waals surface area contributed by atoms with Crippen LogP contribution >= 0.6 is 23.1 Å². The number of halogens is 1. The first kappa shape index (κ1) is 21.4. The molecule has 11 heteroatoms. The molecule has 1 spiro atoms. The second kappa shape index (κ2) is 7.83. The molecule has 0 radical (unpaired) electrons. The molecule has 8 nitrogen and oxygen atoms in total. The van der Waals surface area contributed by atoms with Gasteiger partial charge in [0.15, 0.2) is 10.1 Å². The smallest absolute Gasteiger partial charge is 0.245 e. The number of benzene rings is 1. The van der Waals surface area contributed by atoms with E-state index in [1.54, 1.807) is 11.0 Å². The van der Waals surface area contributed by atoms with Gasteiger partial charge in [-0.2, -0.15) is 5.26 Å². The molecule has 1 aromatic heterocycles. The van der Waals surface area contributed by atoms with Crippen molar-refractivity contribution in [3.63, 3.8) is 0 Å². The van der Waals surface area contributed by atoms with E-state index in [9.17, 15) is 19.2 Å². The Hall–Kier alpha value is -3.49.